The van der Waals surface area contributed by atoms with E-state index in [1.807, 2.05) is 12.2 Å². The van der Waals surface area contributed by atoms with Crippen molar-refractivity contribution < 1.29 is 10.2 Å². The fraction of sp³-hybridized carbons (Fsp3) is 0.818. The van der Waals surface area contributed by atoms with Gasteiger partial charge in [-0.25, -0.2) is 0 Å². The van der Waals surface area contributed by atoms with E-state index in [4.69, 9.17) is 10.2 Å². The molecule has 0 aromatic rings. The molecular weight excluding hydrogens is 296 g/mol. The van der Waals surface area contributed by atoms with Crippen LogP contribution in [0, 0.1) is 0 Å². The molecule has 144 valence electrons. The van der Waals surface area contributed by atoms with Crippen LogP contribution in [0.1, 0.15) is 103 Å². The van der Waals surface area contributed by atoms with Gasteiger partial charge in [-0.15, -0.1) is 13.2 Å². The molecule has 0 radical (unpaired) electrons. The Kier molecular flexibility index (Phi) is 29.1. The van der Waals surface area contributed by atoms with Gasteiger partial charge in [0, 0.05) is 13.2 Å². The highest BCUT2D eigenvalue weighted by Gasteiger charge is 1.90. The molecule has 0 rings (SSSR count). The van der Waals surface area contributed by atoms with E-state index in [0.29, 0.717) is 13.2 Å². The molecule has 0 aliphatic rings. The van der Waals surface area contributed by atoms with Crippen molar-refractivity contribution in [3.05, 3.63) is 25.3 Å². The summed E-state index contributed by atoms with van der Waals surface area (Å²) in [6.07, 6.45) is 23.8. The fourth-order valence-corrected chi connectivity index (χ4v) is 2.57. The second-order valence-corrected chi connectivity index (χ2v) is 6.55. The van der Waals surface area contributed by atoms with Crippen LogP contribution in [0.2, 0.25) is 0 Å². The highest BCUT2D eigenvalue weighted by atomic mass is 16.3. The monoisotopic (exact) mass is 340 g/mol. The van der Waals surface area contributed by atoms with E-state index < -0.39 is 0 Å². The molecule has 0 aromatic heterocycles. The summed E-state index contributed by atoms with van der Waals surface area (Å²) in [6, 6.07) is 0. The third-order valence-electron chi connectivity index (χ3n) is 4.13. The molecule has 0 saturated heterocycles. The van der Waals surface area contributed by atoms with Gasteiger partial charge in [-0.1, -0.05) is 76.4 Å². The van der Waals surface area contributed by atoms with Crippen LogP contribution in [0.5, 0.6) is 0 Å². The first-order valence-electron chi connectivity index (χ1n) is 10.3. The van der Waals surface area contributed by atoms with Crippen molar-refractivity contribution >= 4 is 0 Å². The fourth-order valence-electron chi connectivity index (χ4n) is 2.57. The summed E-state index contributed by atoms with van der Waals surface area (Å²) in [6.45, 7) is 8.10. The van der Waals surface area contributed by atoms with E-state index in [9.17, 15) is 0 Å². The molecular formula is C22H44O2. The highest BCUT2D eigenvalue weighted by Crippen LogP contribution is 2.09. The molecule has 0 spiro atoms. The molecule has 0 fully saturated rings. The Morgan fingerprint density at radius 2 is 0.667 bits per heavy atom. The molecule has 0 saturated carbocycles. The lowest BCUT2D eigenvalue weighted by Crippen LogP contribution is -1.83. The lowest BCUT2D eigenvalue weighted by molar-refractivity contribution is 0.282. The number of rotatable bonds is 18. The van der Waals surface area contributed by atoms with Gasteiger partial charge < -0.3 is 10.2 Å². The van der Waals surface area contributed by atoms with Crippen molar-refractivity contribution in [2.24, 2.45) is 0 Å². The Bertz CT molecular complexity index is 202. The maximum absolute atomic E-state index is 8.53. The molecule has 0 atom stereocenters. The van der Waals surface area contributed by atoms with Gasteiger partial charge >= 0.3 is 0 Å². The number of allylic oxidation sites excluding steroid dienone is 2. The summed E-state index contributed by atoms with van der Waals surface area (Å²) < 4.78 is 0. The maximum Gasteiger partial charge on any atom is 0.0431 e. The molecule has 0 aromatic carbocycles. The lowest BCUT2D eigenvalue weighted by atomic mass is 10.1. The predicted molar refractivity (Wildman–Crippen MR) is 108 cm³/mol. The molecule has 0 bridgehead atoms. The molecule has 2 N–H and O–H groups in total. The SMILES string of the molecule is C=CCCCCCCCCCO.C=CCCCCCCCCCO. The van der Waals surface area contributed by atoms with Crippen LogP contribution in [0.3, 0.4) is 0 Å². The van der Waals surface area contributed by atoms with Crippen LogP contribution >= 0.6 is 0 Å². The van der Waals surface area contributed by atoms with Gasteiger partial charge in [-0.3, -0.25) is 0 Å². The van der Waals surface area contributed by atoms with Crippen molar-refractivity contribution in [3.8, 4) is 0 Å². The smallest absolute Gasteiger partial charge is 0.0431 e. The molecule has 0 heterocycles. The van der Waals surface area contributed by atoms with Gasteiger partial charge in [0.2, 0.25) is 0 Å². The zero-order chi connectivity index (χ0) is 18.1. The summed E-state index contributed by atoms with van der Waals surface area (Å²) in [5.74, 6) is 0. The second-order valence-electron chi connectivity index (χ2n) is 6.55. The first kappa shape index (κ1) is 25.6. The molecule has 0 aliphatic carbocycles. The Morgan fingerprint density at radius 1 is 0.417 bits per heavy atom. The summed E-state index contributed by atoms with van der Waals surface area (Å²) in [5, 5.41) is 17.1. The predicted octanol–water partition coefficient (Wildman–Crippen LogP) is 6.57. The van der Waals surface area contributed by atoms with E-state index >= 15 is 0 Å². The van der Waals surface area contributed by atoms with Crippen molar-refractivity contribution in [1.29, 1.82) is 0 Å². The summed E-state index contributed by atoms with van der Waals surface area (Å²) in [7, 11) is 0. The van der Waals surface area contributed by atoms with Crippen LogP contribution in [0.15, 0.2) is 25.3 Å². The van der Waals surface area contributed by atoms with E-state index in [1.54, 1.807) is 0 Å². The molecule has 0 aliphatic heterocycles. The van der Waals surface area contributed by atoms with Gasteiger partial charge in [-0.05, 0) is 38.5 Å². The van der Waals surface area contributed by atoms with Crippen LogP contribution < -0.4 is 0 Å². The Balaban J connectivity index is 0. The molecule has 0 amide bonds. The average molecular weight is 341 g/mol. The van der Waals surface area contributed by atoms with Crippen LogP contribution in [0.25, 0.3) is 0 Å². The first-order valence-corrected chi connectivity index (χ1v) is 10.3. The number of hydrogen-bond donors (Lipinski definition) is 2. The Labute approximate surface area is 152 Å². The third-order valence-corrected chi connectivity index (χ3v) is 4.13. The third kappa shape index (κ3) is 29.4. The molecule has 2 nitrogen and oxygen atoms in total. The number of unbranched alkanes of at least 4 members (excludes halogenated alkanes) is 14. The lowest BCUT2D eigenvalue weighted by Gasteiger charge is -1.99. The molecule has 2 heteroatoms. The zero-order valence-electron chi connectivity index (χ0n) is 16.2. The normalized spacial score (nSPS) is 10.1. The minimum atomic E-state index is 0.358. The quantitative estimate of drug-likeness (QED) is 0.219. The van der Waals surface area contributed by atoms with E-state index in [2.05, 4.69) is 13.2 Å². The van der Waals surface area contributed by atoms with Gasteiger partial charge in [0.05, 0.1) is 0 Å². The summed E-state index contributed by atoms with van der Waals surface area (Å²) >= 11 is 0. The topological polar surface area (TPSA) is 40.5 Å². The summed E-state index contributed by atoms with van der Waals surface area (Å²) in [4.78, 5) is 0. The maximum atomic E-state index is 8.53. The summed E-state index contributed by atoms with van der Waals surface area (Å²) in [5.41, 5.74) is 0. The Morgan fingerprint density at radius 3 is 0.917 bits per heavy atom. The highest BCUT2D eigenvalue weighted by molar-refractivity contribution is 4.65. The average Bonchev–Trinajstić information content (AvgIpc) is 2.60. The standard InChI is InChI=1S/2C11H22O/c2*1-2-3-4-5-6-7-8-9-10-11-12/h2*2,12H,1,3-11H2. The zero-order valence-corrected chi connectivity index (χ0v) is 16.2. The van der Waals surface area contributed by atoms with Crippen molar-refractivity contribution in [2.75, 3.05) is 13.2 Å². The van der Waals surface area contributed by atoms with Gasteiger partial charge in [0.1, 0.15) is 0 Å². The van der Waals surface area contributed by atoms with E-state index in [1.165, 1.54) is 77.0 Å². The van der Waals surface area contributed by atoms with E-state index in [-0.39, 0.29) is 0 Å². The van der Waals surface area contributed by atoms with Crippen LogP contribution in [-0.2, 0) is 0 Å². The van der Waals surface area contributed by atoms with Crippen molar-refractivity contribution in [2.45, 2.75) is 103 Å². The number of aliphatic hydroxyl groups is 2. The van der Waals surface area contributed by atoms with Crippen LogP contribution in [0.4, 0.5) is 0 Å². The first-order chi connectivity index (χ1) is 11.8. The number of aliphatic hydroxyl groups excluding tert-OH is 2. The van der Waals surface area contributed by atoms with Gasteiger partial charge in [0.25, 0.3) is 0 Å². The Hall–Kier alpha value is -0.600. The molecule has 0 unspecified atom stereocenters. The second kappa shape index (κ2) is 27.3. The minimum Gasteiger partial charge on any atom is -0.396 e. The largest absolute Gasteiger partial charge is 0.396 e. The van der Waals surface area contributed by atoms with E-state index in [0.717, 1.165) is 25.7 Å². The number of hydrogen-bond acceptors (Lipinski definition) is 2. The van der Waals surface area contributed by atoms with Gasteiger partial charge in [-0.2, -0.15) is 0 Å². The van der Waals surface area contributed by atoms with Crippen molar-refractivity contribution in [3.63, 3.8) is 0 Å². The van der Waals surface area contributed by atoms with Crippen LogP contribution in [-0.4, -0.2) is 23.4 Å². The van der Waals surface area contributed by atoms with Gasteiger partial charge in [0.15, 0.2) is 0 Å². The minimum absolute atomic E-state index is 0.358. The van der Waals surface area contributed by atoms with Crippen molar-refractivity contribution in [1.82, 2.24) is 0 Å². The molecule has 24 heavy (non-hydrogen) atoms.